The Bertz CT molecular complexity index is 922. The number of anilines is 1. The molecular formula is C22H28N4OS. The molecule has 0 radical (unpaired) electrons. The average Bonchev–Trinajstić information content (AvgIpc) is 3.06. The summed E-state index contributed by atoms with van der Waals surface area (Å²) in [7, 11) is 1.98. The number of carbonyl (C=O) groups excluding carboxylic acids is 1. The molecule has 28 heavy (non-hydrogen) atoms. The van der Waals surface area contributed by atoms with Crippen molar-refractivity contribution in [1.29, 1.82) is 0 Å². The number of aryl methyl sites for hydroxylation is 1. The van der Waals surface area contributed by atoms with Crippen molar-refractivity contribution in [1.82, 2.24) is 14.8 Å². The van der Waals surface area contributed by atoms with Gasteiger partial charge in [-0.05, 0) is 29.3 Å². The Hall–Kier alpha value is -2.34. The lowest BCUT2D eigenvalue weighted by molar-refractivity contribution is -0.113. The van der Waals surface area contributed by atoms with Crippen LogP contribution in [0.25, 0.3) is 10.8 Å². The Morgan fingerprint density at radius 1 is 1.04 bits per heavy atom. The molecule has 0 fully saturated rings. The third kappa shape index (κ3) is 5.58. The molecule has 1 aromatic heterocycles. The molecule has 0 bridgehead atoms. The van der Waals surface area contributed by atoms with Crippen LogP contribution >= 0.6 is 11.8 Å². The van der Waals surface area contributed by atoms with Gasteiger partial charge in [0.25, 0.3) is 0 Å². The van der Waals surface area contributed by atoms with Crippen LogP contribution in [0, 0.1) is 0 Å². The second-order valence-corrected chi connectivity index (χ2v) is 7.96. The summed E-state index contributed by atoms with van der Waals surface area (Å²) in [5, 5.41) is 14.6. The lowest BCUT2D eigenvalue weighted by Gasteiger charge is -2.07. The number of fused-ring (bicyclic) bond motifs is 1. The van der Waals surface area contributed by atoms with E-state index in [0.717, 1.165) is 40.3 Å². The average molecular weight is 397 g/mol. The molecule has 0 aliphatic heterocycles. The minimum atomic E-state index is -0.0376. The molecule has 1 amide bonds. The maximum absolute atomic E-state index is 12.3. The van der Waals surface area contributed by atoms with Crippen molar-refractivity contribution in [2.75, 3.05) is 11.1 Å². The predicted octanol–water partition coefficient (Wildman–Crippen LogP) is 5.21. The van der Waals surface area contributed by atoms with Crippen LogP contribution in [-0.2, 0) is 18.3 Å². The van der Waals surface area contributed by atoms with Crippen LogP contribution in [0.3, 0.4) is 0 Å². The van der Waals surface area contributed by atoms with E-state index in [4.69, 9.17) is 0 Å². The molecule has 0 unspecified atom stereocenters. The number of hydrogen-bond acceptors (Lipinski definition) is 4. The first kappa shape index (κ1) is 20.4. The largest absolute Gasteiger partial charge is 0.325 e. The van der Waals surface area contributed by atoms with Gasteiger partial charge < -0.3 is 9.88 Å². The Labute approximate surface area is 170 Å². The van der Waals surface area contributed by atoms with Gasteiger partial charge in [-0.1, -0.05) is 74.7 Å². The van der Waals surface area contributed by atoms with E-state index in [1.165, 1.54) is 37.4 Å². The molecule has 0 spiro atoms. The molecule has 2 aromatic carbocycles. The molecule has 0 aliphatic carbocycles. The third-order valence-electron chi connectivity index (χ3n) is 4.79. The van der Waals surface area contributed by atoms with Crippen molar-refractivity contribution in [3.8, 4) is 0 Å². The van der Waals surface area contributed by atoms with Crippen LogP contribution in [0.15, 0.2) is 47.6 Å². The fourth-order valence-electron chi connectivity index (χ4n) is 3.17. The van der Waals surface area contributed by atoms with Gasteiger partial charge in [0.2, 0.25) is 5.91 Å². The van der Waals surface area contributed by atoms with Gasteiger partial charge in [0.15, 0.2) is 5.16 Å². The van der Waals surface area contributed by atoms with E-state index in [2.05, 4.69) is 28.5 Å². The Kier molecular flexibility index (Phi) is 7.48. The summed E-state index contributed by atoms with van der Waals surface area (Å²) in [4.78, 5) is 12.3. The van der Waals surface area contributed by atoms with Gasteiger partial charge in [-0.15, -0.1) is 10.2 Å². The van der Waals surface area contributed by atoms with Crippen molar-refractivity contribution in [2.24, 2.45) is 7.05 Å². The van der Waals surface area contributed by atoms with Crippen molar-refractivity contribution in [2.45, 2.75) is 50.6 Å². The first-order valence-corrected chi connectivity index (χ1v) is 11.0. The summed E-state index contributed by atoms with van der Waals surface area (Å²) in [6.07, 6.45) is 7.15. The SMILES string of the molecule is CCCCCCCc1nnc(SCC(=O)Nc2ccc3ccccc3c2)n1C. The summed E-state index contributed by atoms with van der Waals surface area (Å²) in [6, 6.07) is 14.1. The predicted molar refractivity (Wildman–Crippen MR) is 117 cm³/mol. The monoisotopic (exact) mass is 396 g/mol. The van der Waals surface area contributed by atoms with E-state index in [0.29, 0.717) is 5.75 Å². The second-order valence-electron chi connectivity index (χ2n) is 7.02. The zero-order valence-electron chi connectivity index (χ0n) is 16.6. The zero-order valence-corrected chi connectivity index (χ0v) is 17.5. The Balaban J connectivity index is 1.48. The number of hydrogen-bond donors (Lipinski definition) is 1. The van der Waals surface area contributed by atoms with Crippen LogP contribution in [-0.4, -0.2) is 26.4 Å². The highest BCUT2D eigenvalue weighted by molar-refractivity contribution is 7.99. The van der Waals surface area contributed by atoms with E-state index in [1.54, 1.807) is 0 Å². The minimum Gasteiger partial charge on any atom is -0.325 e. The first-order valence-electron chi connectivity index (χ1n) is 9.97. The number of thioether (sulfide) groups is 1. The number of nitrogens with one attached hydrogen (secondary N) is 1. The molecule has 148 valence electrons. The van der Waals surface area contributed by atoms with Gasteiger partial charge in [0.1, 0.15) is 5.82 Å². The highest BCUT2D eigenvalue weighted by atomic mass is 32.2. The van der Waals surface area contributed by atoms with E-state index < -0.39 is 0 Å². The molecule has 1 N–H and O–H groups in total. The normalized spacial score (nSPS) is 11.1. The van der Waals surface area contributed by atoms with Gasteiger partial charge >= 0.3 is 0 Å². The van der Waals surface area contributed by atoms with Gasteiger partial charge in [0, 0.05) is 19.2 Å². The molecule has 6 heteroatoms. The molecular weight excluding hydrogens is 368 g/mol. The molecule has 0 atom stereocenters. The molecule has 0 saturated heterocycles. The second kappa shape index (κ2) is 10.3. The number of amides is 1. The van der Waals surface area contributed by atoms with E-state index in [1.807, 2.05) is 48.0 Å². The lowest BCUT2D eigenvalue weighted by Crippen LogP contribution is -2.14. The molecule has 0 aliphatic rings. The summed E-state index contributed by atoms with van der Waals surface area (Å²) in [5.41, 5.74) is 0.815. The molecule has 3 rings (SSSR count). The minimum absolute atomic E-state index is 0.0376. The van der Waals surface area contributed by atoms with E-state index in [-0.39, 0.29) is 5.91 Å². The number of benzene rings is 2. The summed E-state index contributed by atoms with van der Waals surface area (Å²) >= 11 is 1.42. The van der Waals surface area contributed by atoms with Crippen molar-refractivity contribution in [3.63, 3.8) is 0 Å². The van der Waals surface area contributed by atoms with Crippen molar-refractivity contribution < 1.29 is 4.79 Å². The number of rotatable bonds is 10. The van der Waals surface area contributed by atoms with Gasteiger partial charge in [-0.3, -0.25) is 4.79 Å². The first-order chi connectivity index (χ1) is 13.7. The lowest BCUT2D eigenvalue weighted by atomic mass is 10.1. The number of nitrogens with zero attached hydrogens (tertiary/aromatic N) is 3. The molecule has 5 nitrogen and oxygen atoms in total. The van der Waals surface area contributed by atoms with Crippen LogP contribution < -0.4 is 5.32 Å². The zero-order chi connectivity index (χ0) is 19.8. The summed E-state index contributed by atoms with van der Waals surface area (Å²) < 4.78 is 2.01. The fourth-order valence-corrected chi connectivity index (χ4v) is 3.90. The molecule has 3 aromatic rings. The highest BCUT2D eigenvalue weighted by Gasteiger charge is 2.11. The van der Waals surface area contributed by atoms with Crippen LogP contribution in [0.4, 0.5) is 5.69 Å². The Morgan fingerprint density at radius 3 is 2.64 bits per heavy atom. The van der Waals surface area contributed by atoms with Crippen LogP contribution in [0.1, 0.15) is 44.9 Å². The maximum atomic E-state index is 12.3. The maximum Gasteiger partial charge on any atom is 0.234 e. The van der Waals surface area contributed by atoms with Crippen LogP contribution in [0.5, 0.6) is 0 Å². The van der Waals surface area contributed by atoms with Crippen molar-refractivity contribution in [3.05, 3.63) is 48.3 Å². The van der Waals surface area contributed by atoms with E-state index in [9.17, 15) is 4.79 Å². The van der Waals surface area contributed by atoms with Crippen LogP contribution in [0.2, 0.25) is 0 Å². The van der Waals surface area contributed by atoms with Gasteiger partial charge in [0.05, 0.1) is 5.75 Å². The number of carbonyl (C=O) groups is 1. The Morgan fingerprint density at radius 2 is 1.82 bits per heavy atom. The summed E-state index contributed by atoms with van der Waals surface area (Å²) in [6.45, 7) is 2.22. The molecule has 1 heterocycles. The highest BCUT2D eigenvalue weighted by Crippen LogP contribution is 2.20. The fraction of sp³-hybridized carbons (Fsp3) is 0.409. The standard InChI is InChI=1S/C22H28N4OS/c1-3-4-5-6-7-12-20-24-25-22(26(20)2)28-16-21(27)23-19-14-13-17-10-8-9-11-18(17)15-19/h8-11,13-15H,3-7,12,16H2,1-2H3,(H,23,27). The quantitative estimate of drug-likeness (QED) is 0.377. The smallest absolute Gasteiger partial charge is 0.234 e. The number of unbranched alkanes of at least 4 members (excludes halogenated alkanes) is 4. The van der Waals surface area contributed by atoms with Gasteiger partial charge in [-0.2, -0.15) is 0 Å². The number of aromatic nitrogens is 3. The topological polar surface area (TPSA) is 59.8 Å². The molecule has 0 saturated carbocycles. The summed E-state index contributed by atoms with van der Waals surface area (Å²) in [5.74, 6) is 1.27. The van der Waals surface area contributed by atoms with E-state index >= 15 is 0 Å². The van der Waals surface area contributed by atoms with Gasteiger partial charge in [-0.25, -0.2) is 0 Å². The van der Waals surface area contributed by atoms with Crippen molar-refractivity contribution >= 4 is 34.1 Å². The third-order valence-corrected chi connectivity index (χ3v) is 5.81.